The molecule has 90 valence electrons. The summed E-state index contributed by atoms with van der Waals surface area (Å²) >= 11 is 0. The van der Waals surface area contributed by atoms with Crippen LogP contribution < -0.4 is 4.57 Å². The fourth-order valence-corrected chi connectivity index (χ4v) is 1.91. The molecule has 0 aliphatic carbocycles. The van der Waals surface area contributed by atoms with E-state index in [1.165, 1.54) is 0 Å². The summed E-state index contributed by atoms with van der Waals surface area (Å²) in [6.45, 7) is 8.56. The van der Waals surface area contributed by atoms with Crippen molar-refractivity contribution in [2.75, 3.05) is 0 Å². The molecule has 0 saturated heterocycles. The Morgan fingerprint density at radius 2 is 1.94 bits per heavy atom. The van der Waals surface area contributed by atoms with E-state index in [1.54, 1.807) is 6.33 Å². The van der Waals surface area contributed by atoms with Crippen LogP contribution >= 0.6 is 0 Å². The molecule has 4 heteroatoms. The fourth-order valence-electron chi connectivity index (χ4n) is 1.91. The SMILES string of the molecule is CC(C)n1ncnc1-c1cccc[n+]1C(C)C. The van der Waals surface area contributed by atoms with Gasteiger partial charge in [-0.15, -0.1) is 0 Å². The summed E-state index contributed by atoms with van der Waals surface area (Å²) in [5, 5.41) is 4.28. The zero-order chi connectivity index (χ0) is 12.4. The van der Waals surface area contributed by atoms with Crippen molar-refractivity contribution in [3.05, 3.63) is 30.7 Å². The van der Waals surface area contributed by atoms with E-state index in [4.69, 9.17) is 0 Å². The molecule has 0 amide bonds. The minimum atomic E-state index is 0.313. The number of aromatic nitrogens is 4. The Hall–Kier alpha value is -1.71. The average molecular weight is 231 g/mol. The van der Waals surface area contributed by atoms with Crippen molar-refractivity contribution in [3.8, 4) is 11.5 Å². The van der Waals surface area contributed by atoms with Crippen LogP contribution in [0.15, 0.2) is 30.7 Å². The Morgan fingerprint density at radius 3 is 2.59 bits per heavy atom. The topological polar surface area (TPSA) is 34.6 Å². The van der Waals surface area contributed by atoms with Crippen molar-refractivity contribution in [3.63, 3.8) is 0 Å². The van der Waals surface area contributed by atoms with Gasteiger partial charge in [-0.3, -0.25) is 0 Å². The first-order valence-electron chi connectivity index (χ1n) is 6.01. The third-order valence-corrected chi connectivity index (χ3v) is 2.74. The van der Waals surface area contributed by atoms with E-state index in [2.05, 4.69) is 54.6 Å². The molecule has 0 spiro atoms. The van der Waals surface area contributed by atoms with E-state index < -0.39 is 0 Å². The Morgan fingerprint density at radius 1 is 1.18 bits per heavy atom. The van der Waals surface area contributed by atoms with Gasteiger partial charge in [-0.1, -0.05) is 0 Å². The lowest BCUT2D eigenvalue weighted by Gasteiger charge is -2.10. The van der Waals surface area contributed by atoms with Crippen LogP contribution in [0.3, 0.4) is 0 Å². The van der Waals surface area contributed by atoms with Gasteiger partial charge < -0.3 is 0 Å². The van der Waals surface area contributed by atoms with E-state index in [9.17, 15) is 0 Å². The third-order valence-electron chi connectivity index (χ3n) is 2.74. The first-order valence-corrected chi connectivity index (χ1v) is 6.01. The standard InChI is InChI=1S/C13H19N4/c1-10(2)16-8-6-5-7-12(16)13-14-9-15-17(13)11(3)4/h5-11H,1-4H3/q+1. The smallest absolute Gasteiger partial charge is 0.238 e. The molecule has 17 heavy (non-hydrogen) atoms. The maximum Gasteiger partial charge on any atom is 0.250 e. The highest BCUT2D eigenvalue weighted by Gasteiger charge is 2.21. The number of pyridine rings is 1. The van der Waals surface area contributed by atoms with Crippen molar-refractivity contribution >= 4 is 0 Å². The average Bonchev–Trinajstić information content (AvgIpc) is 2.77. The quantitative estimate of drug-likeness (QED) is 0.760. The van der Waals surface area contributed by atoms with E-state index in [0.717, 1.165) is 11.5 Å². The molecule has 0 aliphatic heterocycles. The molecule has 2 aromatic rings. The van der Waals surface area contributed by atoms with E-state index in [0.29, 0.717) is 12.1 Å². The maximum atomic E-state index is 4.38. The van der Waals surface area contributed by atoms with Crippen LogP contribution in [0.2, 0.25) is 0 Å². The van der Waals surface area contributed by atoms with Crippen LogP contribution in [-0.2, 0) is 0 Å². The lowest BCUT2D eigenvalue weighted by molar-refractivity contribution is -0.706. The third kappa shape index (κ3) is 2.20. The molecule has 0 bridgehead atoms. The van der Waals surface area contributed by atoms with Crippen LogP contribution in [-0.4, -0.2) is 14.8 Å². The van der Waals surface area contributed by atoms with Crippen molar-refractivity contribution < 1.29 is 4.57 Å². The summed E-state index contributed by atoms with van der Waals surface area (Å²) in [5.74, 6) is 0.925. The minimum absolute atomic E-state index is 0.313. The molecule has 2 heterocycles. The van der Waals surface area contributed by atoms with Crippen molar-refractivity contribution in [1.82, 2.24) is 14.8 Å². The van der Waals surface area contributed by atoms with Crippen LogP contribution in [0, 0.1) is 0 Å². The highest BCUT2D eigenvalue weighted by molar-refractivity contribution is 5.44. The second kappa shape index (κ2) is 4.65. The van der Waals surface area contributed by atoms with E-state index in [-0.39, 0.29) is 0 Å². The molecule has 2 rings (SSSR count). The number of nitrogens with zero attached hydrogens (tertiary/aromatic N) is 4. The van der Waals surface area contributed by atoms with Gasteiger partial charge in [-0.05, 0) is 33.8 Å². The molecule has 0 N–H and O–H groups in total. The summed E-state index contributed by atoms with van der Waals surface area (Å²) in [5.41, 5.74) is 1.11. The number of hydrogen-bond acceptors (Lipinski definition) is 2. The molecule has 0 aliphatic rings. The van der Waals surface area contributed by atoms with Gasteiger partial charge in [0.1, 0.15) is 6.33 Å². The highest BCUT2D eigenvalue weighted by Crippen LogP contribution is 2.16. The van der Waals surface area contributed by atoms with Gasteiger partial charge in [0, 0.05) is 18.2 Å². The largest absolute Gasteiger partial charge is 0.250 e. The first kappa shape index (κ1) is 11.8. The summed E-state index contributed by atoms with van der Waals surface area (Å²) in [4.78, 5) is 4.38. The molecular weight excluding hydrogens is 212 g/mol. The van der Waals surface area contributed by atoms with Crippen LogP contribution in [0.4, 0.5) is 0 Å². The molecule has 0 saturated carbocycles. The van der Waals surface area contributed by atoms with Gasteiger partial charge in [0.2, 0.25) is 11.5 Å². The van der Waals surface area contributed by atoms with Gasteiger partial charge in [0.05, 0.1) is 0 Å². The van der Waals surface area contributed by atoms with Gasteiger partial charge in [0.25, 0.3) is 0 Å². The zero-order valence-electron chi connectivity index (χ0n) is 10.8. The second-order valence-corrected chi connectivity index (χ2v) is 4.71. The van der Waals surface area contributed by atoms with Crippen LogP contribution in [0.25, 0.3) is 11.5 Å². The summed E-state index contributed by atoms with van der Waals surface area (Å²) in [6.07, 6.45) is 3.70. The molecule has 0 unspecified atom stereocenters. The Kier molecular flexibility index (Phi) is 3.22. The normalized spacial score (nSPS) is 11.4. The van der Waals surface area contributed by atoms with E-state index >= 15 is 0 Å². The van der Waals surface area contributed by atoms with Gasteiger partial charge in [-0.2, -0.15) is 9.67 Å². The lowest BCUT2D eigenvalue weighted by atomic mass is 10.2. The van der Waals surface area contributed by atoms with Crippen LogP contribution in [0.1, 0.15) is 39.8 Å². The zero-order valence-corrected chi connectivity index (χ0v) is 10.8. The predicted octanol–water partition coefficient (Wildman–Crippen LogP) is 2.39. The number of rotatable bonds is 3. The number of hydrogen-bond donors (Lipinski definition) is 0. The van der Waals surface area contributed by atoms with Crippen LogP contribution in [0.5, 0.6) is 0 Å². The molecule has 0 radical (unpaired) electrons. The van der Waals surface area contributed by atoms with Crippen molar-refractivity contribution in [2.24, 2.45) is 0 Å². The Balaban J connectivity index is 2.56. The summed E-state index contributed by atoms with van der Waals surface area (Å²) in [6, 6.07) is 6.88. The summed E-state index contributed by atoms with van der Waals surface area (Å²) < 4.78 is 4.16. The molecule has 0 aromatic carbocycles. The van der Waals surface area contributed by atoms with E-state index in [1.807, 2.05) is 16.8 Å². The molecule has 2 aromatic heterocycles. The Labute approximate surface area is 102 Å². The predicted molar refractivity (Wildman–Crippen MR) is 66.4 cm³/mol. The van der Waals surface area contributed by atoms with Crippen molar-refractivity contribution in [2.45, 2.75) is 39.8 Å². The molecule has 4 nitrogen and oxygen atoms in total. The first-order chi connectivity index (χ1) is 8.11. The maximum absolute atomic E-state index is 4.38. The highest BCUT2D eigenvalue weighted by atomic mass is 15.4. The summed E-state index contributed by atoms with van der Waals surface area (Å²) in [7, 11) is 0. The van der Waals surface area contributed by atoms with Gasteiger partial charge in [-0.25, -0.2) is 9.67 Å². The Bertz CT molecular complexity index is 500. The monoisotopic (exact) mass is 231 g/mol. The van der Waals surface area contributed by atoms with Gasteiger partial charge >= 0.3 is 0 Å². The molecule has 0 atom stereocenters. The minimum Gasteiger partial charge on any atom is -0.238 e. The molecule has 0 fully saturated rings. The lowest BCUT2D eigenvalue weighted by Crippen LogP contribution is -2.38. The fraction of sp³-hybridized carbons (Fsp3) is 0.462. The second-order valence-electron chi connectivity index (χ2n) is 4.71. The van der Waals surface area contributed by atoms with Crippen molar-refractivity contribution in [1.29, 1.82) is 0 Å². The van der Waals surface area contributed by atoms with Gasteiger partial charge in [0.15, 0.2) is 12.2 Å². The molecular formula is C13H19N4+.